The molecule has 0 radical (unpaired) electrons. The molecule has 14 heavy (non-hydrogen) atoms. The van der Waals surface area contributed by atoms with E-state index in [9.17, 15) is 4.79 Å². The van der Waals surface area contributed by atoms with Crippen molar-refractivity contribution in [2.45, 2.75) is 26.8 Å². The highest BCUT2D eigenvalue weighted by atomic mass is 16.4. The Hall–Kier alpha value is -0.610. The fraction of sp³-hybridized carbons (Fsp3) is 0.900. The lowest BCUT2D eigenvalue weighted by Gasteiger charge is -2.24. The van der Waals surface area contributed by atoms with Gasteiger partial charge in [-0.05, 0) is 34.9 Å². The molecule has 0 heterocycles. The zero-order chi connectivity index (χ0) is 11.4. The minimum absolute atomic E-state index is 0.416. The van der Waals surface area contributed by atoms with Crippen LogP contribution in [0.5, 0.6) is 0 Å². The highest BCUT2D eigenvalue weighted by Gasteiger charge is 2.26. The van der Waals surface area contributed by atoms with Gasteiger partial charge in [0, 0.05) is 19.1 Å². The van der Waals surface area contributed by atoms with E-state index in [1.807, 2.05) is 14.1 Å². The van der Waals surface area contributed by atoms with Gasteiger partial charge in [0.25, 0.3) is 0 Å². The van der Waals surface area contributed by atoms with Gasteiger partial charge >= 0.3 is 5.97 Å². The Morgan fingerprint density at radius 1 is 1.50 bits per heavy atom. The van der Waals surface area contributed by atoms with Gasteiger partial charge in [-0.3, -0.25) is 4.79 Å². The number of likely N-dealkylation sites (N-methyl/N-ethyl adjacent to an activating group) is 1. The van der Waals surface area contributed by atoms with Crippen LogP contribution in [0.2, 0.25) is 0 Å². The van der Waals surface area contributed by atoms with Gasteiger partial charge in [0.05, 0.1) is 5.41 Å². The van der Waals surface area contributed by atoms with E-state index in [4.69, 9.17) is 5.11 Å². The van der Waals surface area contributed by atoms with Crippen LogP contribution in [-0.2, 0) is 4.79 Å². The summed E-state index contributed by atoms with van der Waals surface area (Å²) >= 11 is 0. The maximum absolute atomic E-state index is 10.8. The number of carbonyl (C=O) groups is 1. The molecule has 0 aromatic heterocycles. The molecule has 2 N–H and O–H groups in total. The summed E-state index contributed by atoms with van der Waals surface area (Å²) < 4.78 is 0. The van der Waals surface area contributed by atoms with Crippen LogP contribution in [0.15, 0.2) is 0 Å². The van der Waals surface area contributed by atoms with Crippen molar-refractivity contribution in [2.75, 3.05) is 27.2 Å². The van der Waals surface area contributed by atoms with E-state index in [2.05, 4.69) is 17.1 Å². The Morgan fingerprint density at radius 2 is 2.00 bits per heavy atom. The van der Waals surface area contributed by atoms with Crippen LogP contribution < -0.4 is 5.32 Å². The number of nitrogens with zero attached hydrogens (tertiary/aromatic N) is 1. The van der Waals surface area contributed by atoms with E-state index >= 15 is 0 Å². The van der Waals surface area contributed by atoms with Crippen LogP contribution in [0.4, 0.5) is 0 Å². The maximum Gasteiger partial charge on any atom is 0.310 e. The number of rotatable bonds is 6. The Kier molecular flexibility index (Phi) is 5.08. The topological polar surface area (TPSA) is 52.6 Å². The molecule has 0 bridgehead atoms. The molecule has 0 aromatic rings. The predicted molar refractivity (Wildman–Crippen MR) is 57.4 cm³/mol. The Bertz CT molecular complexity index is 191. The molecule has 1 unspecified atom stereocenters. The van der Waals surface area contributed by atoms with Crippen molar-refractivity contribution in [2.24, 2.45) is 5.41 Å². The average molecular weight is 202 g/mol. The third kappa shape index (κ3) is 4.58. The van der Waals surface area contributed by atoms with Gasteiger partial charge in [-0.15, -0.1) is 0 Å². The van der Waals surface area contributed by atoms with E-state index in [0.717, 1.165) is 6.54 Å². The summed E-state index contributed by atoms with van der Waals surface area (Å²) in [6.07, 6.45) is 0. The Balaban J connectivity index is 3.79. The first kappa shape index (κ1) is 13.4. The first-order valence-electron chi connectivity index (χ1n) is 4.88. The number of hydrogen-bond donors (Lipinski definition) is 2. The quantitative estimate of drug-likeness (QED) is 0.663. The van der Waals surface area contributed by atoms with Gasteiger partial charge in [-0.2, -0.15) is 0 Å². The molecule has 0 aliphatic carbocycles. The smallest absolute Gasteiger partial charge is 0.310 e. The van der Waals surface area contributed by atoms with Gasteiger partial charge in [0.1, 0.15) is 0 Å². The predicted octanol–water partition coefficient (Wildman–Crippen LogP) is 0.637. The van der Waals surface area contributed by atoms with Crippen LogP contribution >= 0.6 is 0 Å². The highest BCUT2D eigenvalue weighted by Crippen LogP contribution is 2.12. The van der Waals surface area contributed by atoms with E-state index in [1.54, 1.807) is 13.8 Å². The summed E-state index contributed by atoms with van der Waals surface area (Å²) in [7, 11) is 4.02. The second kappa shape index (κ2) is 5.32. The summed E-state index contributed by atoms with van der Waals surface area (Å²) in [5.41, 5.74) is -0.688. The van der Waals surface area contributed by atoms with Crippen LogP contribution in [0.1, 0.15) is 20.8 Å². The summed E-state index contributed by atoms with van der Waals surface area (Å²) in [4.78, 5) is 12.9. The molecule has 0 amide bonds. The summed E-state index contributed by atoms with van der Waals surface area (Å²) in [6, 6.07) is 0.416. The molecule has 4 heteroatoms. The second-order valence-electron chi connectivity index (χ2n) is 4.63. The van der Waals surface area contributed by atoms with E-state index < -0.39 is 11.4 Å². The lowest BCUT2D eigenvalue weighted by atomic mass is 9.94. The normalized spacial score (nSPS) is 14.4. The number of aliphatic carboxylic acids is 1. The fourth-order valence-electron chi connectivity index (χ4n) is 0.852. The number of carboxylic acids is 1. The Morgan fingerprint density at radius 3 is 2.36 bits per heavy atom. The van der Waals surface area contributed by atoms with E-state index in [-0.39, 0.29) is 0 Å². The van der Waals surface area contributed by atoms with Crippen LogP contribution in [-0.4, -0.2) is 49.2 Å². The third-order valence-corrected chi connectivity index (χ3v) is 2.47. The van der Waals surface area contributed by atoms with Gasteiger partial charge in [-0.25, -0.2) is 0 Å². The maximum atomic E-state index is 10.8. The van der Waals surface area contributed by atoms with Crippen molar-refractivity contribution in [3.8, 4) is 0 Å². The number of carboxylic acid groups (broad SMARTS) is 1. The lowest BCUT2D eigenvalue weighted by Crippen LogP contribution is -2.41. The van der Waals surface area contributed by atoms with Gasteiger partial charge < -0.3 is 15.3 Å². The Labute approximate surface area is 86.3 Å². The van der Waals surface area contributed by atoms with E-state index in [0.29, 0.717) is 12.6 Å². The first-order chi connectivity index (χ1) is 6.27. The monoisotopic (exact) mass is 202 g/mol. The molecule has 0 rings (SSSR count). The van der Waals surface area contributed by atoms with Crippen LogP contribution in [0, 0.1) is 5.41 Å². The molecule has 0 saturated heterocycles. The summed E-state index contributed by atoms with van der Waals surface area (Å²) in [5.74, 6) is -0.762. The molecule has 1 atom stereocenters. The molecule has 0 aromatic carbocycles. The molecule has 0 aliphatic rings. The minimum atomic E-state index is -0.762. The van der Waals surface area contributed by atoms with Gasteiger partial charge in [-0.1, -0.05) is 0 Å². The molecule has 0 fully saturated rings. The van der Waals surface area contributed by atoms with Crippen LogP contribution in [0.25, 0.3) is 0 Å². The average Bonchev–Trinajstić information content (AvgIpc) is 2.03. The van der Waals surface area contributed by atoms with Crippen molar-refractivity contribution >= 4 is 5.97 Å². The second-order valence-corrected chi connectivity index (χ2v) is 4.63. The molecule has 0 aliphatic heterocycles. The number of nitrogens with one attached hydrogen (secondary N) is 1. The number of hydrogen-bond acceptors (Lipinski definition) is 3. The SMILES string of the molecule is CC(CNCC(C)(C)C(=O)O)N(C)C. The van der Waals surface area contributed by atoms with Gasteiger partial charge in [0.15, 0.2) is 0 Å². The van der Waals surface area contributed by atoms with Crippen molar-refractivity contribution in [1.29, 1.82) is 0 Å². The van der Waals surface area contributed by atoms with Crippen molar-refractivity contribution in [3.05, 3.63) is 0 Å². The molecular formula is C10H22N2O2. The minimum Gasteiger partial charge on any atom is -0.481 e. The van der Waals surface area contributed by atoms with Gasteiger partial charge in [0.2, 0.25) is 0 Å². The standard InChI is InChI=1S/C10H22N2O2/c1-8(12(4)5)6-11-7-10(2,3)9(13)14/h8,11H,6-7H2,1-5H3,(H,13,14). The van der Waals surface area contributed by atoms with Crippen molar-refractivity contribution in [3.63, 3.8) is 0 Å². The highest BCUT2D eigenvalue weighted by molar-refractivity contribution is 5.73. The fourth-order valence-corrected chi connectivity index (χ4v) is 0.852. The largest absolute Gasteiger partial charge is 0.481 e. The van der Waals surface area contributed by atoms with Crippen molar-refractivity contribution in [1.82, 2.24) is 10.2 Å². The zero-order valence-corrected chi connectivity index (χ0v) is 9.79. The van der Waals surface area contributed by atoms with E-state index in [1.165, 1.54) is 0 Å². The molecule has 84 valence electrons. The molecular weight excluding hydrogens is 180 g/mol. The zero-order valence-electron chi connectivity index (χ0n) is 9.79. The van der Waals surface area contributed by atoms with Crippen LogP contribution in [0.3, 0.4) is 0 Å². The summed E-state index contributed by atoms with van der Waals surface area (Å²) in [5, 5.41) is 12.0. The molecule has 4 nitrogen and oxygen atoms in total. The lowest BCUT2D eigenvalue weighted by molar-refractivity contribution is -0.146. The van der Waals surface area contributed by atoms with Crippen molar-refractivity contribution < 1.29 is 9.90 Å². The summed E-state index contributed by atoms with van der Waals surface area (Å²) in [6.45, 7) is 6.86. The molecule has 0 spiro atoms. The third-order valence-electron chi connectivity index (χ3n) is 2.47. The first-order valence-corrected chi connectivity index (χ1v) is 4.88. The molecule has 0 saturated carbocycles.